The number of rotatable bonds is 2. The third-order valence-electron chi connectivity index (χ3n) is 2.06. The number of hydrogen-bond acceptors (Lipinski definition) is 3. The zero-order valence-electron chi connectivity index (χ0n) is 8.82. The Bertz CT molecular complexity index is 607. The van der Waals surface area contributed by atoms with E-state index >= 15 is 0 Å². The summed E-state index contributed by atoms with van der Waals surface area (Å²) in [5.41, 5.74) is -0.0244. The summed E-state index contributed by atoms with van der Waals surface area (Å²) in [6.45, 7) is 0. The van der Waals surface area contributed by atoms with Crippen molar-refractivity contribution in [1.82, 2.24) is 9.97 Å². The van der Waals surface area contributed by atoms with E-state index in [0.717, 1.165) is 18.2 Å². The highest BCUT2D eigenvalue weighted by Gasteiger charge is 2.10. The van der Waals surface area contributed by atoms with E-state index in [0.29, 0.717) is 0 Å². The van der Waals surface area contributed by atoms with Gasteiger partial charge in [-0.25, -0.2) is 18.7 Å². The van der Waals surface area contributed by atoms with Crippen LogP contribution in [0, 0.1) is 11.6 Å². The number of nitrogens with zero attached hydrogens (tertiary/aromatic N) is 2. The van der Waals surface area contributed by atoms with Gasteiger partial charge in [0.25, 0.3) is 5.91 Å². The molecule has 0 atom stereocenters. The van der Waals surface area contributed by atoms with Crippen LogP contribution in [0.1, 0.15) is 10.4 Å². The van der Waals surface area contributed by atoms with Gasteiger partial charge in [-0.15, -0.1) is 0 Å². The van der Waals surface area contributed by atoms with Gasteiger partial charge in [0.05, 0.1) is 0 Å². The Hall–Kier alpha value is -2.08. The molecular weight excluding hydrogens is 264 g/mol. The molecule has 0 aliphatic heterocycles. The molecule has 0 bridgehead atoms. The zero-order chi connectivity index (χ0) is 13.1. The smallest absolute Gasteiger partial charge is 0.256 e. The first-order valence-corrected chi connectivity index (χ1v) is 5.18. The Kier molecular flexibility index (Phi) is 3.47. The lowest BCUT2D eigenvalue weighted by molar-refractivity contribution is 0.102. The third kappa shape index (κ3) is 2.78. The molecule has 18 heavy (non-hydrogen) atoms. The Morgan fingerprint density at radius 3 is 2.61 bits per heavy atom. The summed E-state index contributed by atoms with van der Waals surface area (Å²) in [6, 6.07) is 4.17. The minimum absolute atomic E-state index is 0.0244. The summed E-state index contributed by atoms with van der Waals surface area (Å²) in [7, 11) is 0. The molecule has 2 aromatic rings. The lowest BCUT2D eigenvalue weighted by atomic mass is 10.2. The first-order chi connectivity index (χ1) is 8.56. The first-order valence-electron chi connectivity index (χ1n) is 4.80. The van der Waals surface area contributed by atoms with Crippen LogP contribution in [-0.4, -0.2) is 15.9 Å². The van der Waals surface area contributed by atoms with Crippen LogP contribution in [0.2, 0.25) is 5.15 Å². The topological polar surface area (TPSA) is 54.9 Å². The van der Waals surface area contributed by atoms with Gasteiger partial charge in [-0.3, -0.25) is 4.79 Å². The summed E-state index contributed by atoms with van der Waals surface area (Å²) < 4.78 is 25.6. The standard InChI is InChI=1S/C11H6ClF2N3O/c12-9-4-10(16-5-15-9)17-11(18)6-1-2-7(13)8(14)3-6/h1-5H,(H,15,16,17,18). The lowest BCUT2D eigenvalue weighted by Gasteiger charge is -2.04. The van der Waals surface area contributed by atoms with Crippen LogP contribution >= 0.6 is 11.6 Å². The van der Waals surface area contributed by atoms with E-state index in [1.54, 1.807) is 0 Å². The molecule has 1 aromatic heterocycles. The number of hydrogen-bond donors (Lipinski definition) is 1. The van der Waals surface area contributed by atoms with E-state index in [9.17, 15) is 13.6 Å². The molecule has 0 aliphatic rings. The number of aromatic nitrogens is 2. The molecule has 0 unspecified atom stereocenters. The summed E-state index contributed by atoms with van der Waals surface area (Å²) >= 11 is 5.61. The molecule has 4 nitrogen and oxygen atoms in total. The van der Waals surface area contributed by atoms with Crippen molar-refractivity contribution >= 4 is 23.3 Å². The van der Waals surface area contributed by atoms with Gasteiger partial charge < -0.3 is 5.32 Å². The van der Waals surface area contributed by atoms with E-state index in [1.165, 1.54) is 12.4 Å². The van der Waals surface area contributed by atoms with E-state index in [2.05, 4.69) is 15.3 Å². The highest BCUT2D eigenvalue weighted by atomic mass is 35.5. The number of benzene rings is 1. The maximum absolute atomic E-state index is 12.9. The molecule has 1 N–H and O–H groups in total. The van der Waals surface area contributed by atoms with E-state index in [-0.39, 0.29) is 16.5 Å². The Labute approximate surface area is 106 Å². The quantitative estimate of drug-likeness (QED) is 0.853. The van der Waals surface area contributed by atoms with Gasteiger partial charge in [-0.1, -0.05) is 11.6 Å². The Balaban J connectivity index is 2.19. The van der Waals surface area contributed by atoms with Crippen LogP contribution in [0.25, 0.3) is 0 Å². The molecule has 1 heterocycles. The molecular formula is C11H6ClF2N3O. The number of halogens is 3. The molecule has 2 rings (SSSR count). The molecule has 7 heteroatoms. The van der Waals surface area contributed by atoms with Crippen molar-refractivity contribution in [3.63, 3.8) is 0 Å². The Morgan fingerprint density at radius 1 is 1.17 bits per heavy atom. The number of nitrogens with one attached hydrogen (secondary N) is 1. The second kappa shape index (κ2) is 5.05. The normalized spacial score (nSPS) is 10.2. The molecule has 0 saturated heterocycles. The number of anilines is 1. The minimum atomic E-state index is -1.09. The van der Waals surface area contributed by atoms with Crippen molar-refractivity contribution in [2.24, 2.45) is 0 Å². The van der Waals surface area contributed by atoms with Crippen molar-refractivity contribution in [1.29, 1.82) is 0 Å². The fourth-order valence-electron chi connectivity index (χ4n) is 1.23. The van der Waals surface area contributed by atoms with Crippen LogP contribution in [0.15, 0.2) is 30.6 Å². The van der Waals surface area contributed by atoms with Crippen molar-refractivity contribution in [2.75, 3.05) is 5.32 Å². The average molecular weight is 270 g/mol. The summed E-state index contributed by atoms with van der Waals surface area (Å²) in [5, 5.41) is 2.54. The second-order valence-corrected chi connectivity index (χ2v) is 3.70. The number of carbonyl (C=O) groups excluding carboxylic acids is 1. The first kappa shape index (κ1) is 12.4. The molecule has 0 aliphatic carbocycles. The highest BCUT2D eigenvalue weighted by Crippen LogP contribution is 2.12. The van der Waals surface area contributed by atoms with Gasteiger partial charge in [0, 0.05) is 11.6 Å². The largest absolute Gasteiger partial charge is 0.306 e. The summed E-state index contributed by atoms with van der Waals surface area (Å²) in [6.07, 6.45) is 1.17. The summed E-state index contributed by atoms with van der Waals surface area (Å²) in [4.78, 5) is 19.1. The van der Waals surface area contributed by atoms with E-state index in [4.69, 9.17) is 11.6 Å². The van der Waals surface area contributed by atoms with Crippen LogP contribution in [0.4, 0.5) is 14.6 Å². The van der Waals surface area contributed by atoms with Gasteiger partial charge in [-0.05, 0) is 18.2 Å². The third-order valence-corrected chi connectivity index (χ3v) is 2.26. The second-order valence-electron chi connectivity index (χ2n) is 3.31. The molecule has 92 valence electrons. The minimum Gasteiger partial charge on any atom is -0.306 e. The zero-order valence-corrected chi connectivity index (χ0v) is 9.58. The molecule has 0 spiro atoms. The fourth-order valence-corrected chi connectivity index (χ4v) is 1.37. The maximum Gasteiger partial charge on any atom is 0.256 e. The van der Waals surface area contributed by atoms with Crippen LogP contribution < -0.4 is 5.32 Å². The van der Waals surface area contributed by atoms with Gasteiger partial charge in [-0.2, -0.15) is 0 Å². The van der Waals surface area contributed by atoms with Gasteiger partial charge in [0.1, 0.15) is 17.3 Å². The number of carbonyl (C=O) groups is 1. The van der Waals surface area contributed by atoms with Crippen molar-refractivity contribution in [2.45, 2.75) is 0 Å². The monoisotopic (exact) mass is 269 g/mol. The average Bonchev–Trinajstić information content (AvgIpc) is 2.32. The molecule has 0 radical (unpaired) electrons. The fraction of sp³-hybridized carbons (Fsp3) is 0. The van der Waals surface area contributed by atoms with E-state index in [1.807, 2.05) is 0 Å². The van der Waals surface area contributed by atoms with Crippen molar-refractivity contribution in [3.8, 4) is 0 Å². The van der Waals surface area contributed by atoms with Gasteiger partial charge in [0.15, 0.2) is 11.6 Å². The van der Waals surface area contributed by atoms with Crippen LogP contribution in [-0.2, 0) is 0 Å². The SMILES string of the molecule is O=C(Nc1cc(Cl)ncn1)c1ccc(F)c(F)c1. The lowest BCUT2D eigenvalue weighted by Crippen LogP contribution is -2.13. The van der Waals surface area contributed by atoms with Gasteiger partial charge in [0.2, 0.25) is 0 Å². The Morgan fingerprint density at radius 2 is 1.94 bits per heavy atom. The van der Waals surface area contributed by atoms with Crippen LogP contribution in [0.3, 0.4) is 0 Å². The molecule has 0 saturated carbocycles. The number of amides is 1. The van der Waals surface area contributed by atoms with Crippen LogP contribution in [0.5, 0.6) is 0 Å². The van der Waals surface area contributed by atoms with Crippen molar-refractivity contribution < 1.29 is 13.6 Å². The molecule has 0 fully saturated rings. The predicted octanol–water partition coefficient (Wildman–Crippen LogP) is 2.66. The highest BCUT2D eigenvalue weighted by molar-refractivity contribution is 6.29. The van der Waals surface area contributed by atoms with Gasteiger partial charge >= 0.3 is 0 Å². The van der Waals surface area contributed by atoms with E-state index < -0.39 is 17.5 Å². The summed E-state index contributed by atoms with van der Waals surface area (Å²) in [5.74, 6) is -2.56. The molecule has 1 aromatic carbocycles. The van der Waals surface area contributed by atoms with Crippen molar-refractivity contribution in [3.05, 3.63) is 52.9 Å². The predicted molar refractivity (Wildman–Crippen MR) is 61.4 cm³/mol. The molecule has 1 amide bonds. The maximum atomic E-state index is 12.9.